The molecule has 0 spiro atoms. The third kappa shape index (κ3) is 5.36. The third-order valence-corrected chi connectivity index (χ3v) is 3.29. The molecule has 0 aliphatic heterocycles. The molecule has 3 aromatic rings. The van der Waals surface area contributed by atoms with Crippen LogP contribution in [0.1, 0.15) is 17.3 Å². The van der Waals surface area contributed by atoms with Gasteiger partial charge in [-0.1, -0.05) is 0 Å². The van der Waals surface area contributed by atoms with E-state index in [0.717, 1.165) is 5.76 Å². The minimum atomic E-state index is -0.587. The molecule has 9 heteroatoms. The molecule has 0 radical (unpaired) electrons. The maximum atomic E-state index is 13.0. The van der Waals surface area contributed by atoms with E-state index < -0.39 is 5.97 Å². The summed E-state index contributed by atoms with van der Waals surface area (Å²) in [7, 11) is 0. The zero-order valence-electron chi connectivity index (χ0n) is 14.3. The molecule has 0 aliphatic rings. The predicted octanol–water partition coefficient (Wildman–Crippen LogP) is 2.99. The van der Waals surface area contributed by atoms with E-state index in [1.165, 1.54) is 36.4 Å². The minimum absolute atomic E-state index is 0.0396. The number of esters is 1. The highest BCUT2D eigenvalue weighted by Gasteiger charge is 2.08. The lowest BCUT2D eigenvalue weighted by atomic mass is 10.3. The topological polar surface area (TPSA) is 116 Å². The van der Waals surface area contributed by atoms with Crippen LogP contribution in [0.4, 0.5) is 22.0 Å². The number of nitrogens with two attached hydrogens (primary N) is 1. The van der Waals surface area contributed by atoms with E-state index in [2.05, 4.69) is 20.3 Å². The van der Waals surface area contributed by atoms with Crippen LogP contribution in [0, 0.1) is 12.7 Å². The van der Waals surface area contributed by atoms with E-state index in [1.807, 2.05) is 0 Å². The van der Waals surface area contributed by atoms with Gasteiger partial charge in [0.2, 0.25) is 11.9 Å². The number of hydrogen-bond donors (Lipinski definition) is 2. The Labute approximate surface area is 153 Å². The quantitative estimate of drug-likeness (QED) is 0.503. The molecule has 0 saturated carbocycles. The number of nitrogens with one attached hydrogen (secondary N) is 1. The maximum absolute atomic E-state index is 13.0. The van der Waals surface area contributed by atoms with Crippen molar-refractivity contribution in [3.8, 4) is 0 Å². The van der Waals surface area contributed by atoms with Crippen LogP contribution in [0.2, 0.25) is 0 Å². The summed E-state index contributed by atoms with van der Waals surface area (Å²) in [6.07, 6.45) is 2.74. The monoisotopic (exact) mass is 369 g/mol. The molecule has 27 heavy (non-hydrogen) atoms. The normalized spacial score (nSPS) is 10.9. The smallest absolute Gasteiger partial charge is 0.331 e. The van der Waals surface area contributed by atoms with E-state index in [9.17, 15) is 9.18 Å². The van der Waals surface area contributed by atoms with Crippen LogP contribution >= 0.6 is 0 Å². The second kappa shape index (κ2) is 8.09. The van der Waals surface area contributed by atoms with Crippen LogP contribution in [-0.4, -0.2) is 20.9 Å². The van der Waals surface area contributed by atoms with Gasteiger partial charge in [0.15, 0.2) is 12.4 Å². The molecule has 0 fully saturated rings. The fraction of sp³-hybridized carbons (Fsp3) is 0.111. The van der Waals surface area contributed by atoms with E-state index in [0.29, 0.717) is 11.4 Å². The van der Waals surface area contributed by atoms with Gasteiger partial charge in [0.05, 0.1) is 0 Å². The van der Waals surface area contributed by atoms with Gasteiger partial charge in [0.1, 0.15) is 17.3 Å². The number of nitrogens with zero attached hydrogens (tertiary/aromatic N) is 3. The molecular weight excluding hydrogens is 353 g/mol. The number of carbonyl (C=O) groups is 1. The summed E-state index contributed by atoms with van der Waals surface area (Å²) in [5, 5.41) is 2.87. The summed E-state index contributed by atoms with van der Waals surface area (Å²) in [6.45, 7) is 1.61. The van der Waals surface area contributed by atoms with Gasteiger partial charge >= 0.3 is 5.97 Å². The Hall–Kier alpha value is -3.75. The number of benzene rings is 1. The third-order valence-electron chi connectivity index (χ3n) is 3.29. The van der Waals surface area contributed by atoms with Gasteiger partial charge in [0, 0.05) is 11.8 Å². The zero-order chi connectivity index (χ0) is 19.2. The Morgan fingerprint density at radius 1 is 1.22 bits per heavy atom. The van der Waals surface area contributed by atoms with E-state index >= 15 is 0 Å². The number of hydrogen-bond acceptors (Lipinski definition) is 8. The number of halogens is 1. The Bertz CT molecular complexity index is 969. The van der Waals surface area contributed by atoms with Crippen molar-refractivity contribution in [2.24, 2.45) is 0 Å². The van der Waals surface area contributed by atoms with Crippen molar-refractivity contribution in [1.82, 2.24) is 15.0 Å². The molecule has 3 rings (SSSR count). The molecule has 1 aromatic carbocycles. The van der Waals surface area contributed by atoms with Crippen molar-refractivity contribution in [3.05, 3.63) is 65.6 Å². The summed E-state index contributed by atoms with van der Waals surface area (Å²) in [5.74, 6) is 0.619. The van der Waals surface area contributed by atoms with Crippen molar-refractivity contribution in [2.45, 2.75) is 13.5 Å². The zero-order valence-corrected chi connectivity index (χ0v) is 14.3. The van der Waals surface area contributed by atoms with Crippen molar-refractivity contribution in [3.63, 3.8) is 0 Å². The molecule has 2 heterocycles. The predicted molar refractivity (Wildman–Crippen MR) is 96.2 cm³/mol. The molecule has 0 unspecified atom stereocenters. The maximum Gasteiger partial charge on any atom is 0.331 e. The van der Waals surface area contributed by atoms with Crippen molar-refractivity contribution in [1.29, 1.82) is 0 Å². The molecule has 0 aliphatic carbocycles. The first-order valence-electron chi connectivity index (χ1n) is 7.92. The molecule has 138 valence electrons. The number of furan rings is 1. The molecule has 2 aromatic heterocycles. The van der Waals surface area contributed by atoms with Crippen LogP contribution in [0.15, 0.2) is 46.9 Å². The number of rotatable bonds is 6. The Morgan fingerprint density at radius 3 is 2.70 bits per heavy atom. The number of aromatic nitrogens is 3. The first-order chi connectivity index (χ1) is 13.0. The van der Waals surface area contributed by atoms with Crippen LogP contribution in [-0.2, 0) is 16.1 Å². The highest BCUT2D eigenvalue weighted by Crippen LogP contribution is 2.14. The summed E-state index contributed by atoms with van der Waals surface area (Å²) < 4.78 is 23.3. The Balaban J connectivity index is 1.61. The fourth-order valence-electron chi connectivity index (χ4n) is 2.10. The van der Waals surface area contributed by atoms with Gasteiger partial charge in [-0.15, -0.1) is 0 Å². The summed E-state index contributed by atoms with van der Waals surface area (Å²) in [4.78, 5) is 23.8. The first kappa shape index (κ1) is 18.1. The minimum Gasteiger partial charge on any atom is -0.462 e. The molecule has 0 saturated heterocycles. The van der Waals surface area contributed by atoms with Gasteiger partial charge in [-0.25, -0.2) is 9.18 Å². The number of carbonyl (C=O) groups excluding carboxylic acids is 1. The average molecular weight is 369 g/mol. The van der Waals surface area contributed by atoms with Crippen LogP contribution in [0.5, 0.6) is 0 Å². The van der Waals surface area contributed by atoms with Crippen LogP contribution in [0.3, 0.4) is 0 Å². The molecule has 3 N–H and O–H groups in total. The van der Waals surface area contributed by atoms with Crippen LogP contribution < -0.4 is 11.1 Å². The lowest BCUT2D eigenvalue weighted by Crippen LogP contribution is -2.10. The highest BCUT2D eigenvalue weighted by atomic mass is 19.1. The largest absolute Gasteiger partial charge is 0.462 e. The highest BCUT2D eigenvalue weighted by molar-refractivity contribution is 5.86. The second-order valence-corrected chi connectivity index (χ2v) is 5.45. The van der Waals surface area contributed by atoms with Crippen molar-refractivity contribution in [2.75, 3.05) is 11.1 Å². The molecule has 8 nitrogen and oxygen atoms in total. The standard InChI is InChI=1S/C18H16FN5O3/c1-11-2-7-14(27-11)8-9-16(25)26-10-15-22-17(20)24-18(23-15)21-13-5-3-12(19)4-6-13/h2-9H,10H2,1H3,(H3,20,21,22,23,24)/b9-8+. The molecule has 0 bridgehead atoms. The molecular formula is C18H16FN5O3. The molecule has 0 amide bonds. The van der Waals surface area contributed by atoms with E-state index in [-0.39, 0.29) is 30.1 Å². The van der Waals surface area contributed by atoms with Gasteiger partial charge < -0.3 is 20.2 Å². The Kier molecular flexibility index (Phi) is 5.41. The van der Waals surface area contributed by atoms with Gasteiger partial charge in [-0.2, -0.15) is 15.0 Å². The lowest BCUT2D eigenvalue weighted by Gasteiger charge is -2.07. The second-order valence-electron chi connectivity index (χ2n) is 5.45. The van der Waals surface area contributed by atoms with Gasteiger partial charge in [-0.3, -0.25) is 0 Å². The SMILES string of the molecule is Cc1ccc(/C=C/C(=O)OCc2nc(N)nc(Nc3ccc(F)cc3)n2)o1. The first-order valence-corrected chi connectivity index (χ1v) is 7.92. The average Bonchev–Trinajstić information content (AvgIpc) is 3.05. The fourth-order valence-corrected chi connectivity index (χ4v) is 2.10. The summed E-state index contributed by atoms with van der Waals surface area (Å²) in [6, 6.07) is 9.16. The van der Waals surface area contributed by atoms with Gasteiger partial charge in [0.25, 0.3) is 0 Å². The van der Waals surface area contributed by atoms with E-state index in [1.54, 1.807) is 19.1 Å². The number of aryl methyl sites for hydroxylation is 1. The number of anilines is 3. The summed E-state index contributed by atoms with van der Waals surface area (Å²) >= 11 is 0. The summed E-state index contributed by atoms with van der Waals surface area (Å²) in [5.41, 5.74) is 6.22. The van der Waals surface area contributed by atoms with Crippen molar-refractivity contribution < 1.29 is 18.3 Å². The van der Waals surface area contributed by atoms with Gasteiger partial charge in [-0.05, 0) is 49.4 Å². The molecule has 0 atom stereocenters. The lowest BCUT2D eigenvalue weighted by molar-refractivity contribution is -0.139. The van der Waals surface area contributed by atoms with Crippen molar-refractivity contribution >= 4 is 29.6 Å². The number of ether oxygens (including phenoxy) is 1. The number of nitrogen functional groups attached to an aromatic ring is 1. The Morgan fingerprint density at radius 2 is 2.00 bits per heavy atom. The van der Waals surface area contributed by atoms with E-state index in [4.69, 9.17) is 14.9 Å². The van der Waals surface area contributed by atoms with Crippen LogP contribution in [0.25, 0.3) is 6.08 Å².